The number of nitrogens with zero attached hydrogens (tertiary/aromatic N) is 1. The third-order valence-electron chi connectivity index (χ3n) is 3.26. The summed E-state index contributed by atoms with van der Waals surface area (Å²) in [5, 5.41) is 10.3. The highest BCUT2D eigenvalue weighted by molar-refractivity contribution is 5.82. The second-order valence-electron chi connectivity index (χ2n) is 4.72. The Kier molecular flexibility index (Phi) is 3.56. The summed E-state index contributed by atoms with van der Waals surface area (Å²) in [7, 11) is 1.66. The van der Waals surface area contributed by atoms with Gasteiger partial charge in [-0.2, -0.15) is 0 Å². The summed E-state index contributed by atoms with van der Waals surface area (Å²) in [5.41, 5.74) is 2.84. The standard InChI is InChI=1S/C18H15NO2/c1-21-17-10-11-18-14(12-17)5-7-15(19-18)6-2-13-3-8-16(20)9-4-13/h2-12,20H,1H3. The van der Waals surface area contributed by atoms with Crippen LogP contribution in [0.5, 0.6) is 11.5 Å². The van der Waals surface area contributed by atoms with Crippen LogP contribution < -0.4 is 4.74 Å². The molecule has 0 radical (unpaired) electrons. The second kappa shape index (κ2) is 5.67. The molecule has 1 aromatic heterocycles. The predicted molar refractivity (Wildman–Crippen MR) is 85.3 cm³/mol. The number of aromatic hydroxyl groups is 1. The number of hydrogen-bond acceptors (Lipinski definition) is 3. The van der Waals surface area contributed by atoms with E-state index in [-0.39, 0.29) is 5.75 Å². The van der Waals surface area contributed by atoms with E-state index in [1.807, 2.05) is 54.6 Å². The number of rotatable bonds is 3. The van der Waals surface area contributed by atoms with E-state index in [4.69, 9.17) is 4.74 Å². The van der Waals surface area contributed by atoms with Crippen LogP contribution in [0.3, 0.4) is 0 Å². The first-order chi connectivity index (χ1) is 10.2. The molecule has 0 amide bonds. The Morgan fingerprint density at radius 3 is 2.52 bits per heavy atom. The van der Waals surface area contributed by atoms with Crippen LogP contribution in [-0.4, -0.2) is 17.2 Å². The molecule has 0 aliphatic carbocycles. The minimum absolute atomic E-state index is 0.268. The quantitative estimate of drug-likeness (QED) is 0.783. The van der Waals surface area contributed by atoms with Gasteiger partial charge < -0.3 is 9.84 Å². The number of benzene rings is 2. The maximum Gasteiger partial charge on any atom is 0.119 e. The summed E-state index contributed by atoms with van der Waals surface area (Å²) < 4.78 is 5.21. The van der Waals surface area contributed by atoms with E-state index in [0.29, 0.717) is 0 Å². The lowest BCUT2D eigenvalue weighted by Gasteiger charge is -2.02. The van der Waals surface area contributed by atoms with Crippen molar-refractivity contribution in [1.82, 2.24) is 4.98 Å². The van der Waals surface area contributed by atoms with Gasteiger partial charge in [0.25, 0.3) is 0 Å². The van der Waals surface area contributed by atoms with Gasteiger partial charge in [-0.05, 0) is 48.0 Å². The molecule has 0 unspecified atom stereocenters. The van der Waals surface area contributed by atoms with E-state index in [1.54, 1.807) is 19.2 Å². The molecule has 3 rings (SSSR count). The highest BCUT2D eigenvalue weighted by Gasteiger charge is 1.98. The maximum atomic E-state index is 9.26. The molecule has 0 saturated carbocycles. The number of methoxy groups -OCH3 is 1. The van der Waals surface area contributed by atoms with Crippen LogP contribution in [0, 0.1) is 0 Å². The van der Waals surface area contributed by atoms with Gasteiger partial charge in [-0.25, -0.2) is 4.98 Å². The molecule has 1 heterocycles. The Morgan fingerprint density at radius 1 is 0.952 bits per heavy atom. The van der Waals surface area contributed by atoms with E-state index in [2.05, 4.69) is 4.98 Å². The normalized spacial score (nSPS) is 11.1. The predicted octanol–water partition coefficient (Wildman–Crippen LogP) is 4.12. The zero-order chi connectivity index (χ0) is 14.7. The Balaban J connectivity index is 1.88. The molecule has 3 aromatic rings. The fraction of sp³-hybridized carbons (Fsp3) is 0.0556. The van der Waals surface area contributed by atoms with Gasteiger partial charge in [0, 0.05) is 5.39 Å². The zero-order valence-corrected chi connectivity index (χ0v) is 11.7. The van der Waals surface area contributed by atoms with Crippen molar-refractivity contribution in [3.63, 3.8) is 0 Å². The summed E-state index contributed by atoms with van der Waals surface area (Å²) in [6, 6.07) is 16.9. The number of phenols is 1. The molecule has 21 heavy (non-hydrogen) atoms. The van der Waals surface area contributed by atoms with Crippen LogP contribution in [-0.2, 0) is 0 Å². The summed E-state index contributed by atoms with van der Waals surface area (Å²) in [6.45, 7) is 0. The van der Waals surface area contributed by atoms with Crippen molar-refractivity contribution in [1.29, 1.82) is 0 Å². The summed E-state index contributed by atoms with van der Waals surface area (Å²) in [5.74, 6) is 1.10. The molecular formula is C18H15NO2. The molecule has 0 spiro atoms. The van der Waals surface area contributed by atoms with Crippen molar-refractivity contribution in [2.75, 3.05) is 7.11 Å². The molecular weight excluding hydrogens is 262 g/mol. The molecule has 0 saturated heterocycles. The molecule has 1 N–H and O–H groups in total. The lowest BCUT2D eigenvalue weighted by atomic mass is 10.1. The van der Waals surface area contributed by atoms with Crippen molar-refractivity contribution < 1.29 is 9.84 Å². The van der Waals surface area contributed by atoms with E-state index < -0.39 is 0 Å². The zero-order valence-electron chi connectivity index (χ0n) is 11.7. The number of hydrogen-bond donors (Lipinski definition) is 1. The van der Waals surface area contributed by atoms with Gasteiger partial charge in [0.1, 0.15) is 11.5 Å². The maximum absolute atomic E-state index is 9.26. The Morgan fingerprint density at radius 2 is 1.76 bits per heavy atom. The van der Waals surface area contributed by atoms with Gasteiger partial charge >= 0.3 is 0 Å². The van der Waals surface area contributed by atoms with Gasteiger partial charge in [0.2, 0.25) is 0 Å². The highest BCUT2D eigenvalue weighted by Crippen LogP contribution is 2.20. The van der Waals surface area contributed by atoms with Crippen molar-refractivity contribution in [2.45, 2.75) is 0 Å². The fourth-order valence-electron chi connectivity index (χ4n) is 2.11. The molecule has 0 aliphatic rings. The van der Waals surface area contributed by atoms with Crippen LogP contribution in [0.25, 0.3) is 23.1 Å². The molecule has 3 heteroatoms. The van der Waals surface area contributed by atoms with Gasteiger partial charge in [-0.1, -0.05) is 24.3 Å². The Labute approximate surface area is 123 Å². The molecule has 2 aromatic carbocycles. The van der Waals surface area contributed by atoms with Crippen molar-refractivity contribution in [2.24, 2.45) is 0 Å². The number of pyridine rings is 1. The smallest absolute Gasteiger partial charge is 0.119 e. The third-order valence-corrected chi connectivity index (χ3v) is 3.26. The minimum Gasteiger partial charge on any atom is -0.508 e. The van der Waals surface area contributed by atoms with Gasteiger partial charge in [0.15, 0.2) is 0 Å². The Bertz CT molecular complexity index is 792. The number of fused-ring (bicyclic) bond motifs is 1. The fourth-order valence-corrected chi connectivity index (χ4v) is 2.11. The number of phenolic OH excluding ortho intramolecular Hbond substituents is 1. The van der Waals surface area contributed by atoms with Crippen molar-refractivity contribution in [3.05, 3.63) is 65.9 Å². The van der Waals surface area contributed by atoms with E-state index in [1.165, 1.54) is 0 Å². The van der Waals surface area contributed by atoms with Gasteiger partial charge in [0.05, 0.1) is 18.3 Å². The van der Waals surface area contributed by atoms with E-state index in [0.717, 1.165) is 27.9 Å². The van der Waals surface area contributed by atoms with Crippen LogP contribution in [0.15, 0.2) is 54.6 Å². The lowest BCUT2D eigenvalue weighted by Crippen LogP contribution is -1.86. The van der Waals surface area contributed by atoms with Crippen LogP contribution >= 0.6 is 0 Å². The largest absolute Gasteiger partial charge is 0.508 e. The summed E-state index contributed by atoms with van der Waals surface area (Å²) >= 11 is 0. The first kappa shape index (κ1) is 13.2. The second-order valence-corrected chi connectivity index (χ2v) is 4.72. The summed E-state index contributed by atoms with van der Waals surface area (Å²) in [4.78, 5) is 4.59. The molecule has 0 bridgehead atoms. The topological polar surface area (TPSA) is 42.4 Å². The van der Waals surface area contributed by atoms with E-state index in [9.17, 15) is 5.11 Å². The molecule has 104 valence electrons. The van der Waals surface area contributed by atoms with Crippen LogP contribution in [0.4, 0.5) is 0 Å². The SMILES string of the molecule is COc1ccc2nc(C=Cc3ccc(O)cc3)ccc2c1. The van der Waals surface area contributed by atoms with Crippen LogP contribution in [0.1, 0.15) is 11.3 Å². The molecule has 0 atom stereocenters. The average molecular weight is 277 g/mol. The van der Waals surface area contributed by atoms with Crippen LogP contribution in [0.2, 0.25) is 0 Å². The summed E-state index contributed by atoms with van der Waals surface area (Å²) in [6.07, 6.45) is 3.92. The first-order valence-electron chi connectivity index (χ1n) is 6.66. The lowest BCUT2D eigenvalue weighted by molar-refractivity contribution is 0.415. The van der Waals surface area contributed by atoms with Crippen molar-refractivity contribution >= 4 is 23.1 Å². The highest BCUT2D eigenvalue weighted by atomic mass is 16.5. The first-order valence-corrected chi connectivity index (χ1v) is 6.66. The third kappa shape index (κ3) is 3.03. The Hall–Kier alpha value is -2.81. The van der Waals surface area contributed by atoms with Gasteiger partial charge in [-0.15, -0.1) is 0 Å². The van der Waals surface area contributed by atoms with Crippen molar-refractivity contribution in [3.8, 4) is 11.5 Å². The number of ether oxygens (including phenoxy) is 1. The molecule has 3 nitrogen and oxygen atoms in total. The van der Waals surface area contributed by atoms with E-state index >= 15 is 0 Å². The minimum atomic E-state index is 0.268. The monoisotopic (exact) mass is 277 g/mol. The molecule has 0 fully saturated rings. The molecule has 0 aliphatic heterocycles. The van der Waals surface area contributed by atoms with Gasteiger partial charge in [-0.3, -0.25) is 0 Å². The number of aromatic nitrogens is 1. The average Bonchev–Trinajstić information content (AvgIpc) is 2.53.